The van der Waals surface area contributed by atoms with Gasteiger partial charge in [0.2, 0.25) is 10.0 Å². The third-order valence-corrected chi connectivity index (χ3v) is 5.53. The maximum atomic E-state index is 12.3. The van der Waals surface area contributed by atoms with Crippen LogP contribution in [0.15, 0.2) is 0 Å². The maximum absolute atomic E-state index is 12.3. The first-order valence-electron chi connectivity index (χ1n) is 5.59. The lowest BCUT2D eigenvalue weighted by atomic mass is 10.3. The van der Waals surface area contributed by atoms with Crippen LogP contribution in [-0.4, -0.2) is 61.1 Å². The number of hydrogen-bond acceptors (Lipinski definition) is 4. The standard InChI is InChI=1S/C10H23N3O2S2/c1-6-13(8(2)7-12(4)5)17(14,15)9(3)10(11)16/h8-9H,6-7H2,1-5H3,(H2,11,16). The van der Waals surface area contributed by atoms with E-state index in [-0.39, 0.29) is 11.0 Å². The number of hydrogen-bond donors (Lipinski definition) is 1. The molecule has 0 fully saturated rings. The highest BCUT2D eigenvalue weighted by Crippen LogP contribution is 2.13. The third kappa shape index (κ3) is 4.50. The smallest absolute Gasteiger partial charge is 0.223 e. The Morgan fingerprint density at radius 3 is 2.12 bits per heavy atom. The molecule has 0 aromatic carbocycles. The molecule has 0 heterocycles. The first-order valence-corrected chi connectivity index (χ1v) is 7.50. The monoisotopic (exact) mass is 281 g/mol. The van der Waals surface area contributed by atoms with Crippen molar-refractivity contribution in [2.75, 3.05) is 27.2 Å². The lowest BCUT2D eigenvalue weighted by Crippen LogP contribution is -2.49. The first-order chi connectivity index (χ1) is 7.64. The topological polar surface area (TPSA) is 66.6 Å². The number of likely N-dealkylation sites (N-methyl/N-ethyl adjacent to an activating group) is 2. The van der Waals surface area contributed by atoms with Crippen LogP contribution in [0, 0.1) is 0 Å². The van der Waals surface area contributed by atoms with Crippen molar-refractivity contribution in [2.24, 2.45) is 5.73 Å². The van der Waals surface area contributed by atoms with Crippen molar-refractivity contribution in [3.05, 3.63) is 0 Å². The fourth-order valence-electron chi connectivity index (χ4n) is 1.71. The first kappa shape index (κ1) is 16.8. The van der Waals surface area contributed by atoms with Crippen LogP contribution in [0.5, 0.6) is 0 Å². The third-order valence-electron chi connectivity index (χ3n) is 2.61. The summed E-state index contributed by atoms with van der Waals surface area (Å²) in [4.78, 5) is 1.97. The second-order valence-electron chi connectivity index (χ2n) is 4.40. The van der Waals surface area contributed by atoms with Gasteiger partial charge in [-0.25, -0.2) is 8.42 Å². The predicted molar refractivity (Wildman–Crippen MR) is 75.6 cm³/mol. The predicted octanol–water partition coefficient (Wildman–Crippen LogP) is 0.263. The minimum absolute atomic E-state index is 0.0144. The van der Waals surface area contributed by atoms with Gasteiger partial charge in [-0.2, -0.15) is 4.31 Å². The van der Waals surface area contributed by atoms with E-state index in [1.165, 1.54) is 11.2 Å². The van der Waals surface area contributed by atoms with Gasteiger partial charge in [0, 0.05) is 19.1 Å². The molecule has 0 aromatic heterocycles. The molecule has 102 valence electrons. The highest BCUT2D eigenvalue weighted by atomic mass is 32.2. The Balaban J connectivity index is 5.05. The summed E-state index contributed by atoms with van der Waals surface area (Å²) >= 11 is 4.77. The van der Waals surface area contributed by atoms with Gasteiger partial charge in [0.1, 0.15) is 5.25 Å². The van der Waals surface area contributed by atoms with Crippen molar-refractivity contribution < 1.29 is 8.42 Å². The fourth-order valence-corrected chi connectivity index (χ4v) is 3.70. The van der Waals surface area contributed by atoms with Crippen LogP contribution in [0.1, 0.15) is 20.8 Å². The van der Waals surface area contributed by atoms with E-state index < -0.39 is 15.3 Å². The number of thiocarbonyl (C=S) groups is 1. The highest BCUT2D eigenvalue weighted by molar-refractivity contribution is 7.92. The summed E-state index contributed by atoms with van der Waals surface area (Å²) in [5.74, 6) is 0. The van der Waals surface area contributed by atoms with Gasteiger partial charge < -0.3 is 10.6 Å². The molecule has 0 spiro atoms. The Morgan fingerprint density at radius 2 is 1.82 bits per heavy atom. The normalized spacial score (nSPS) is 16.2. The van der Waals surface area contributed by atoms with Gasteiger partial charge >= 0.3 is 0 Å². The summed E-state index contributed by atoms with van der Waals surface area (Å²) in [7, 11) is 0.367. The molecule has 0 rings (SSSR count). The summed E-state index contributed by atoms with van der Waals surface area (Å²) in [6, 6.07) is -0.100. The summed E-state index contributed by atoms with van der Waals surface area (Å²) in [6.45, 7) is 6.31. The van der Waals surface area contributed by atoms with Gasteiger partial charge in [0.25, 0.3) is 0 Å². The Hall–Kier alpha value is -0.240. The zero-order valence-corrected chi connectivity index (χ0v) is 12.8. The van der Waals surface area contributed by atoms with Gasteiger partial charge in [-0.15, -0.1) is 0 Å². The molecule has 5 nitrogen and oxygen atoms in total. The Morgan fingerprint density at radius 1 is 1.35 bits per heavy atom. The molecule has 2 unspecified atom stereocenters. The molecule has 17 heavy (non-hydrogen) atoms. The summed E-state index contributed by atoms with van der Waals surface area (Å²) < 4.78 is 26.0. The maximum Gasteiger partial charge on any atom is 0.223 e. The molecule has 0 saturated heterocycles. The van der Waals surface area contributed by atoms with Crippen molar-refractivity contribution in [1.82, 2.24) is 9.21 Å². The molecule has 2 atom stereocenters. The molecular formula is C10H23N3O2S2. The molecule has 0 aliphatic rings. The molecule has 0 amide bonds. The van der Waals surface area contributed by atoms with E-state index in [4.69, 9.17) is 18.0 Å². The van der Waals surface area contributed by atoms with E-state index in [2.05, 4.69) is 0 Å². The van der Waals surface area contributed by atoms with Crippen molar-refractivity contribution in [1.29, 1.82) is 0 Å². The van der Waals surface area contributed by atoms with Crippen LogP contribution in [-0.2, 0) is 10.0 Å². The van der Waals surface area contributed by atoms with Gasteiger partial charge in [0.15, 0.2) is 0 Å². The SMILES string of the molecule is CCN(C(C)CN(C)C)S(=O)(=O)C(C)C(N)=S. The minimum atomic E-state index is -3.45. The molecular weight excluding hydrogens is 258 g/mol. The number of sulfonamides is 1. The largest absolute Gasteiger partial charge is 0.392 e. The van der Waals surface area contributed by atoms with Crippen molar-refractivity contribution in [2.45, 2.75) is 32.1 Å². The lowest BCUT2D eigenvalue weighted by molar-refractivity contribution is 0.271. The summed E-state index contributed by atoms with van der Waals surface area (Å²) in [6.07, 6.45) is 0. The number of nitrogens with two attached hydrogens (primary N) is 1. The van der Waals surface area contributed by atoms with Gasteiger partial charge in [0.05, 0.1) is 4.99 Å². The van der Waals surface area contributed by atoms with Crippen molar-refractivity contribution in [3.8, 4) is 0 Å². The van der Waals surface area contributed by atoms with Gasteiger partial charge in [-0.1, -0.05) is 19.1 Å². The van der Waals surface area contributed by atoms with Crippen molar-refractivity contribution in [3.63, 3.8) is 0 Å². The quantitative estimate of drug-likeness (QED) is 0.678. The van der Waals surface area contributed by atoms with Gasteiger partial charge in [-0.05, 0) is 27.9 Å². The molecule has 0 saturated carbocycles. The van der Waals surface area contributed by atoms with E-state index in [1.807, 2.05) is 32.8 Å². The van der Waals surface area contributed by atoms with Crippen LogP contribution >= 0.6 is 12.2 Å². The van der Waals surface area contributed by atoms with E-state index >= 15 is 0 Å². The van der Waals surface area contributed by atoms with E-state index in [9.17, 15) is 8.42 Å². The molecule has 0 radical (unpaired) electrons. The van der Waals surface area contributed by atoms with Crippen LogP contribution < -0.4 is 5.73 Å². The van der Waals surface area contributed by atoms with Crippen LogP contribution in [0.3, 0.4) is 0 Å². The molecule has 2 N–H and O–H groups in total. The Labute approximate surface area is 110 Å². The molecule has 7 heteroatoms. The van der Waals surface area contributed by atoms with Crippen molar-refractivity contribution >= 4 is 27.2 Å². The molecule has 0 bridgehead atoms. The Kier molecular flexibility index (Phi) is 6.53. The van der Waals surface area contributed by atoms with Crippen LogP contribution in [0.4, 0.5) is 0 Å². The molecule has 0 aromatic rings. The zero-order chi connectivity index (χ0) is 13.8. The van der Waals surface area contributed by atoms with Crippen LogP contribution in [0.2, 0.25) is 0 Å². The van der Waals surface area contributed by atoms with Crippen LogP contribution in [0.25, 0.3) is 0 Å². The van der Waals surface area contributed by atoms with E-state index in [1.54, 1.807) is 0 Å². The second kappa shape index (κ2) is 6.63. The minimum Gasteiger partial charge on any atom is -0.392 e. The van der Waals surface area contributed by atoms with E-state index in [0.717, 1.165) is 0 Å². The second-order valence-corrected chi connectivity index (χ2v) is 7.08. The average Bonchev–Trinajstić information content (AvgIpc) is 2.15. The molecule has 0 aliphatic carbocycles. The number of rotatable bonds is 7. The van der Waals surface area contributed by atoms with Gasteiger partial charge in [-0.3, -0.25) is 0 Å². The highest BCUT2D eigenvalue weighted by Gasteiger charge is 2.32. The number of nitrogens with zero attached hydrogens (tertiary/aromatic N) is 2. The van der Waals surface area contributed by atoms with E-state index in [0.29, 0.717) is 13.1 Å². The average molecular weight is 281 g/mol. The summed E-state index contributed by atoms with van der Waals surface area (Å²) in [5.41, 5.74) is 5.43. The zero-order valence-electron chi connectivity index (χ0n) is 11.2. The Bertz CT molecular complexity index is 355. The summed E-state index contributed by atoms with van der Waals surface area (Å²) in [5, 5.41) is -0.818. The fraction of sp³-hybridized carbons (Fsp3) is 0.900. The molecule has 0 aliphatic heterocycles. The lowest BCUT2D eigenvalue weighted by Gasteiger charge is -2.31.